The number of halogens is 1. The van der Waals surface area contributed by atoms with Gasteiger partial charge in [-0.05, 0) is 46.9 Å². The Labute approximate surface area is 135 Å². The van der Waals surface area contributed by atoms with Crippen LogP contribution in [-0.4, -0.2) is 23.8 Å². The third-order valence-electron chi connectivity index (χ3n) is 3.45. The maximum atomic E-state index is 12.4. The molecule has 1 aliphatic heterocycles. The molecule has 3 rings (SSSR count). The number of fused-ring (bicyclic) bond motifs is 1. The van der Waals surface area contributed by atoms with Gasteiger partial charge in [0.05, 0.1) is 24.8 Å². The molecule has 5 heteroatoms. The molecule has 0 radical (unpaired) electrons. The maximum absolute atomic E-state index is 12.4. The molecular formula is C16H12INO3. The van der Waals surface area contributed by atoms with Gasteiger partial charge in [-0.2, -0.15) is 0 Å². The van der Waals surface area contributed by atoms with Crippen LogP contribution in [0.5, 0.6) is 5.75 Å². The van der Waals surface area contributed by atoms with E-state index in [9.17, 15) is 9.59 Å². The van der Waals surface area contributed by atoms with Crippen molar-refractivity contribution in [3.8, 4) is 5.75 Å². The standard InChI is InChI=1S/C16H12INO3/c1-21-14-5-3-2-4-10(14)9-18-15(19)12-7-6-11(17)8-13(12)16(18)20/h2-8H,9H2,1H3. The number of carbonyl (C=O) groups excluding carboxylic acids is 2. The van der Waals surface area contributed by atoms with Gasteiger partial charge in [-0.1, -0.05) is 18.2 Å². The number of ether oxygens (including phenoxy) is 1. The fraction of sp³-hybridized carbons (Fsp3) is 0.125. The number of benzene rings is 2. The molecule has 106 valence electrons. The van der Waals surface area contributed by atoms with Gasteiger partial charge in [0.1, 0.15) is 5.75 Å². The van der Waals surface area contributed by atoms with Crippen molar-refractivity contribution < 1.29 is 14.3 Å². The summed E-state index contributed by atoms with van der Waals surface area (Å²) in [5.74, 6) is 0.167. The van der Waals surface area contributed by atoms with Crippen molar-refractivity contribution in [1.82, 2.24) is 4.90 Å². The van der Waals surface area contributed by atoms with Gasteiger partial charge in [0.2, 0.25) is 0 Å². The molecule has 21 heavy (non-hydrogen) atoms. The van der Waals surface area contributed by atoms with Crippen LogP contribution in [0.25, 0.3) is 0 Å². The highest BCUT2D eigenvalue weighted by atomic mass is 127. The molecule has 2 aromatic rings. The molecule has 0 saturated carbocycles. The van der Waals surface area contributed by atoms with Crippen molar-refractivity contribution in [3.05, 3.63) is 62.7 Å². The minimum absolute atomic E-state index is 0.215. The number of amides is 2. The zero-order chi connectivity index (χ0) is 15.0. The zero-order valence-electron chi connectivity index (χ0n) is 11.3. The predicted octanol–water partition coefficient (Wildman–Crippen LogP) is 3.10. The van der Waals surface area contributed by atoms with Crippen LogP contribution in [0.4, 0.5) is 0 Å². The highest BCUT2D eigenvalue weighted by Gasteiger charge is 2.35. The molecule has 2 amide bonds. The Morgan fingerprint density at radius 3 is 2.52 bits per heavy atom. The molecule has 0 bridgehead atoms. The smallest absolute Gasteiger partial charge is 0.261 e. The van der Waals surface area contributed by atoms with E-state index in [1.54, 1.807) is 19.2 Å². The topological polar surface area (TPSA) is 46.6 Å². The van der Waals surface area contributed by atoms with Gasteiger partial charge in [0, 0.05) is 9.13 Å². The maximum Gasteiger partial charge on any atom is 0.261 e. The molecule has 4 nitrogen and oxygen atoms in total. The normalized spacial score (nSPS) is 13.5. The van der Waals surface area contributed by atoms with Gasteiger partial charge in [0.15, 0.2) is 0 Å². The molecule has 0 atom stereocenters. The molecule has 1 aliphatic rings. The molecule has 2 aromatic carbocycles. The molecule has 1 heterocycles. The largest absolute Gasteiger partial charge is 0.496 e. The van der Waals surface area contributed by atoms with E-state index in [1.807, 2.05) is 30.3 Å². The van der Waals surface area contributed by atoms with Gasteiger partial charge in [0.25, 0.3) is 11.8 Å². The Morgan fingerprint density at radius 2 is 1.76 bits per heavy atom. The molecule has 0 spiro atoms. The van der Waals surface area contributed by atoms with Crippen molar-refractivity contribution >= 4 is 34.4 Å². The summed E-state index contributed by atoms with van der Waals surface area (Å²) in [5, 5.41) is 0. The van der Waals surface area contributed by atoms with Crippen molar-refractivity contribution in [2.75, 3.05) is 7.11 Å². The number of hydrogen-bond donors (Lipinski definition) is 0. The second kappa shape index (κ2) is 5.48. The second-order valence-corrected chi connectivity index (χ2v) is 5.94. The van der Waals surface area contributed by atoms with Crippen molar-refractivity contribution in [1.29, 1.82) is 0 Å². The summed E-state index contributed by atoms with van der Waals surface area (Å²) in [6, 6.07) is 12.7. The number of nitrogens with zero attached hydrogens (tertiary/aromatic N) is 1. The third kappa shape index (κ3) is 2.42. The van der Waals surface area contributed by atoms with Gasteiger partial charge in [-0.3, -0.25) is 14.5 Å². The lowest BCUT2D eigenvalue weighted by Gasteiger charge is -2.15. The van der Waals surface area contributed by atoms with Crippen LogP contribution in [0.1, 0.15) is 26.3 Å². The fourth-order valence-corrected chi connectivity index (χ4v) is 2.90. The molecule has 0 aromatic heterocycles. The summed E-state index contributed by atoms with van der Waals surface area (Å²) in [7, 11) is 1.57. The summed E-state index contributed by atoms with van der Waals surface area (Å²) >= 11 is 2.13. The van der Waals surface area contributed by atoms with E-state index in [0.29, 0.717) is 16.9 Å². The molecule has 0 unspecified atom stereocenters. The SMILES string of the molecule is COc1ccccc1CN1C(=O)c2ccc(I)cc2C1=O. The van der Waals surface area contributed by atoms with E-state index in [2.05, 4.69) is 22.6 Å². The number of carbonyl (C=O) groups is 2. The monoisotopic (exact) mass is 393 g/mol. The molecule has 0 N–H and O–H groups in total. The summed E-state index contributed by atoms with van der Waals surface area (Å²) in [5.41, 5.74) is 1.75. The van der Waals surface area contributed by atoms with E-state index in [4.69, 9.17) is 4.74 Å². The molecule has 0 aliphatic carbocycles. The number of para-hydroxylation sites is 1. The van der Waals surface area contributed by atoms with E-state index in [1.165, 1.54) is 4.90 Å². The third-order valence-corrected chi connectivity index (χ3v) is 4.12. The number of methoxy groups -OCH3 is 1. The van der Waals surface area contributed by atoms with Gasteiger partial charge < -0.3 is 4.74 Å². The van der Waals surface area contributed by atoms with E-state index >= 15 is 0 Å². The minimum Gasteiger partial charge on any atom is -0.496 e. The van der Waals surface area contributed by atoms with E-state index in [0.717, 1.165) is 9.13 Å². The average molecular weight is 393 g/mol. The van der Waals surface area contributed by atoms with Crippen molar-refractivity contribution in [2.45, 2.75) is 6.54 Å². The highest BCUT2D eigenvalue weighted by molar-refractivity contribution is 14.1. The fourth-order valence-electron chi connectivity index (χ4n) is 2.41. The lowest BCUT2D eigenvalue weighted by atomic mass is 10.1. The summed E-state index contributed by atoms with van der Waals surface area (Å²) < 4.78 is 6.21. The van der Waals surface area contributed by atoms with Crippen molar-refractivity contribution in [3.63, 3.8) is 0 Å². The predicted molar refractivity (Wildman–Crippen MR) is 86.4 cm³/mol. The van der Waals surface area contributed by atoms with Gasteiger partial charge in [-0.25, -0.2) is 0 Å². The van der Waals surface area contributed by atoms with Crippen LogP contribution in [0.2, 0.25) is 0 Å². The molecule has 0 fully saturated rings. The van der Waals surface area contributed by atoms with Crippen LogP contribution in [-0.2, 0) is 6.54 Å². The van der Waals surface area contributed by atoms with Crippen molar-refractivity contribution in [2.24, 2.45) is 0 Å². The van der Waals surface area contributed by atoms with E-state index in [-0.39, 0.29) is 18.4 Å². The Bertz CT molecular complexity index is 742. The number of imide groups is 1. The first kappa shape index (κ1) is 14.1. The summed E-state index contributed by atoms with van der Waals surface area (Å²) in [6.07, 6.45) is 0. The van der Waals surface area contributed by atoms with Crippen LogP contribution < -0.4 is 4.74 Å². The van der Waals surface area contributed by atoms with Crippen LogP contribution in [0.3, 0.4) is 0 Å². The second-order valence-electron chi connectivity index (χ2n) is 4.70. The van der Waals surface area contributed by atoms with Crippen LogP contribution >= 0.6 is 22.6 Å². The van der Waals surface area contributed by atoms with Gasteiger partial charge >= 0.3 is 0 Å². The minimum atomic E-state index is -0.252. The Hall–Kier alpha value is -1.89. The quantitative estimate of drug-likeness (QED) is 0.595. The van der Waals surface area contributed by atoms with E-state index < -0.39 is 0 Å². The Kier molecular flexibility index (Phi) is 3.67. The Balaban J connectivity index is 1.95. The number of rotatable bonds is 3. The number of hydrogen-bond acceptors (Lipinski definition) is 3. The van der Waals surface area contributed by atoms with Crippen LogP contribution in [0, 0.1) is 3.57 Å². The molecule has 0 saturated heterocycles. The first-order valence-electron chi connectivity index (χ1n) is 6.39. The summed E-state index contributed by atoms with van der Waals surface area (Å²) in [6.45, 7) is 0.215. The first-order chi connectivity index (χ1) is 10.1. The zero-order valence-corrected chi connectivity index (χ0v) is 13.5. The van der Waals surface area contributed by atoms with Gasteiger partial charge in [-0.15, -0.1) is 0 Å². The molecular weight excluding hydrogens is 381 g/mol. The first-order valence-corrected chi connectivity index (χ1v) is 7.47. The Morgan fingerprint density at radius 1 is 1.05 bits per heavy atom. The lowest BCUT2D eigenvalue weighted by Crippen LogP contribution is -2.29. The lowest BCUT2D eigenvalue weighted by molar-refractivity contribution is 0.0641. The highest BCUT2D eigenvalue weighted by Crippen LogP contribution is 2.28. The van der Waals surface area contributed by atoms with Crippen LogP contribution in [0.15, 0.2) is 42.5 Å². The average Bonchev–Trinajstić information content (AvgIpc) is 2.72. The summed E-state index contributed by atoms with van der Waals surface area (Å²) in [4.78, 5) is 26.1.